The van der Waals surface area contributed by atoms with Crippen LogP contribution < -0.4 is 11.1 Å². The number of benzene rings is 1. The Labute approximate surface area is 145 Å². The van der Waals surface area contributed by atoms with E-state index < -0.39 is 0 Å². The fourth-order valence-electron chi connectivity index (χ4n) is 2.81. The highest BCUT2D eigenvalue weighted by Crippen LogP contribution is 2.24. The van der Waals surface area contributed by atoms with Crippen LogP contribution in [0.4, 0.5) is 11.4 Å². The monoisotopic (exact) mass is 349 g/mol. The van der Waals surface area contributed by atoms with E-state index in [0.717, 1.165) is 32.5 Å². The molecule has 2 aromatic rings. The average molecular weight is 350 g/mol. The lowest BCUT2D eigenvalue weighted by atomic mass is 10.1. The fourth-order valence-corrected chi connectivity index (χ4v) is 3.81. The lowest BCUT2D eigenvalue weighted by Gasteiger charge is -2.26. The maximum Gasteiger partial charge on any atom is 0.224 e. The summed E-state index contributed by atoms with van der Waals surface area (Å²) in [5, 5.41) is 5.53. The number of anilines is 2. The zero-order valence-corrected chi connectivity index (χ0v) is 14.4. The number of rotatable bonds is 5. The Kier molecular flexibility index (Phi) is 5.20. The van der Waals surface area contributed by atoms with Gasteiger partial charge in [-0.25, -0.2) is 0 Å². The molecule has 1 aliphatic rings. The highest BCUT2D eigenvalue weighted by molar-refractivity contribution is 7.10. The van der Waals surface area contributed by atoms with Crippen molar-refractivity contribution < 1.29 is 4.79 Å². The molecule has 0 aliphatic carbocycles. The Morgan fingerprint density at radius 2 is 2.26 bits per heavy atom. The number of amides is 1. The zero-order valence-electron chi connectivity index (χ0n) is 12.8. The van der Waals surface area contributed by atoms with Gasteiger partial charge >= 0.3 is 0 Å². The van der Waals surface area contributed by atoms with Crippen molar-refractivity contribution >= 4 is 40.2 Å². The smallest absolute Gasteiger partial charge is 0.224 e. The molecule has 122 valence electrons. The normalized spacial score (nSPS) is 14.5. The number of carbonyl (C=O) groups is 1. The molecule has 4 nitrogen and oxygen atoms in total. The van der Waals surface area contributed by atoms with Gasteiger partial charge in [0.25, 0.3) is 0 Å². The van der Waals surface area contributed by atoms with Crippen molar-refractivity contribution in [2.24, 2.45) is 0 Å². The van der Waals surface area contributed by atoms with Crippen molar-refractivity contribution in [3.05, 3.63) is 45.1 Å². The van der Waals surface area contributed by atoms with Gasteiger partial charge in [0.05, 0.1) is 10.7 Å². The molecule has 0 radical (unpaired) electrons. The van der Waals surface area contributed by atoms with E-state index in [9.17, 15) is 4.79 Å². The second kappa shape index (κ2) is 7.34. The van der Waals surface area contributed by atoms with Crippen LogP contribution in [0.5, 0.6) is 0 Å². The summed E-state index contributed by atoms with van der Waals surface area (Å²) < 4.78 is 0. The quantitative estimate of drug-likeness (QED) is 0.808. The van der Waals surface area contributed by atoms with E-state index in [0.29, 0.717) is 22.8 Å². The van der Waals surface area contributed by atoms with Gasteiger partial charge in [-0.2, -0.15) is 0 Å². The van der Waals surface area contributed by atoms with Gasteiger partial charge in [0.1, 0.15) is 0 Å². The third-order valence-corrected chi connectivity index (χ3v) is 5.41. The van der Waals surface area contributed by atoms with Gasteiger partial charge in [-0.15, -0.1) is 11.3 Å². The molecule has 3 rings (SSSR count). The van der Waals surface area contributed by atoms with Crippen LogP contribution in [0.25, 0.3) is 0 Å². The number of carbonyl (C=O) groups excluding carboxylic acids is 1. The first-order valence-electron chi connectivity index (χ1n) is 7.74. The van der Waals surface area contributed by atoms with E-state index in [1.807, 2.05) is 11.3 Å². The minimum absolute atomic E-state index is 0.0138. The first-order chi connectivity index (χ1) is 11.1. The van der Waals surface area contributed by atoms with Crippen LogP contribution in [0.3, 0.4) is 0 Å². The van der Waals surface area contributed by atoms with Crippen LogP contribution in [0.2, 0.25) is 5.02 Å². The summed E-state index contributed by atoms with van der Waals surface area (Å²) >= 11 is 7.72. The predicted molar refractivity (Wildman–Crippen MR) is 97.0 cm³/mol. The topological polar surface area (TPSA) is 58.4 Å². The summed E-state index contributed by atoms with van der Waals surface area (Å²) in [4.78, 5) is 15.9. The molecule has 0 fully saturated rings. The van der Waals surface area contributed by atoms with E-state index in [2.05, 4.69) is 21.7 Å². The molecule has 0 saturated heterocycles. The Morgan fingerprint density at radius 1 is 1.39 bits per heavy atom. The number of hydrogen-bond acceptors (Lipinski definition) is 4. The Bertz CT molecular complexity index is 701. The number of nitrogens with one attached hydrogen (secondary N) is 1. The number of thiophene rings is 1. The number of hydrogen-bond donors (Lipinski definition) is 2. The summed E-state index contributed by atoms with van der Waals surface area (Å²) in [5.74, 6) is 0.0138. The van der Waals surface area contributed by atoms with Gasteiger partial charge in [0.15, 0.2) is 0 Å². The predicted octanol–water partition coefficient (Wildman–Crippen LogP) is 3.76. The molecule has 6 heteroatoms. The molecule has 1 aliphatic heterocycles. The third kappa shape index (κ3) is 4.25. The molecule has 0 atom stereocenters. The number of nitrogens with two attached hydrogens (primary N) is 1. The van der Waals surface area contributed by atoms with Gasteiger partial charge in [-0.3, -0.25) is 9.69 Å². The van der Waals surface area contributed by atoms with Gasteiger partial charge in [-0.05, 0) is 54.6 Å². The van der Waals surface area contributed by atoms with Crippen molar-refractivity contribution in [3.8, 4) is 0 Å². The molecule has 0 bridgehead atoms. The SMILES string of the molecule is Nc1cc(NC(=O)CCCN2CCc3sccc3C2)ccc1Cl. The summed E-state index contributed by atoms with van der Waals surface area (Å²) in [6.07, 6.45) is 2.49. The van der Waals surface area contributed by atoms with Crippen molar-refractivity contribution in [2.75, 3.05) is 24.1 Å². The highest BCUT2D eigenvalue weighted by Gasteiger charge is 2.16. The lowest BCUT2D eigenvalue weighted by molar-refractivity contribution is -0.116. The third-order valence-electron chi connectivity index (χ3n) is 4.04. The molecule has 0 saturated carbocycles. The molecular weight excluding hydrogens is 330 g/mol. The minimum Gasteiger partial charge on any atom is -0.397 e. The summed E-state index contributed by atoms with van der Waals surface area (Å²) in [7, 11) is 0. The van der Waals surface area contributed by atoms with Crippen LogP contribution in [-0.2, 0) is 17.8 Å². The Morgan fingerprint density at radius 3 is 3.09 bits per heavy atom. The summed E-state index contributed by atoms with van der Waals surface area (Å²) in [6, 6.07) is 7.35. The van der Waals surface area contributed by atoms with E-state index in [1.54, 1.807) is 18.2 Å². The average Bonchev–Trinajstić information content (AvgIpc) is 2.98. The van der Waals surface area contributed by atoms with Crippen LogP contribution in [0.15, 0.2) is 29.6 Å². The van der Waals surface area contributed by atoms with E-state index in [-0.39, 0.29) is 5.91 Å². The molecule has 23 heavy (non-hydrogen) atoms. The summed E-state index contributed by atoms with van der Waals surface area (Å²) in [6.45, 7) is 3.04. The molecular formula is C17H20ClN3OS. The molecule has 1 amide bonds. The largest absolute Gasteiger partial charge is 0.397 e. The maximum absolute atomic E-state index is 12.0. The number of fused-ring (bicyclic) bond motifs is 1. The van der Waals surface area contributed by atoms with Crippen LogP contribution in [0.1, 0.15) is 23.3 Å². The van der Waals surface area contributed by atoms with Gasteiger partial charge in [0, 0.05) is 30.1 Å². The van der Waals surface area contributed by atoms with Gasteiger partial charge < -0.3 is 11.1 Å². The minimum atomic E-state index is 0.0138. The highest BCUT2D eigenvalue weighted by atomic mass is 35.5. The van der Waals surface area contributed by atoms with Crippen LogP contribution in [0, 0.1) is 0 Å². The van der Waals surface area contributed by atoms with Crippen molar-refractivity contribution in [3.63, 3.8) is 0 Å². The maximum atomic E-state index is 12.0. The zero-order chi connectivity index (χ0) is 16.2. The fraction of sp³-hybridized carbons (Fsp3) is 0.353. The van der Waals surface area contributed by atoms with E-state index >= 15 is 0 Å². The molecule has 0 unspecified atom stereocenters. The van der Waals surface area contributed by atoms with Crippen molar-refractivity contribution in [1.82, 2.24) is 4.90 Å². The first kappa shape index (κ1) is 16.3. The lowest BCUT2D eigenvalue weighted by Crippen LogP contribution is -2.31. The standard InChI is InChI=1S/C17H20ClN3OS/c18-14-4-3-13(10-15(14)19)20-17(22)2-1-7-21-8-5-16-12(11-21)6-9-23-16/h3-4,6,9-10H,1-2,5,7-8,11,19H2,(H,20,22). The second-order valence-corrected chi connectivity index (χ2v) is 7.19. The number of nitrogen functional groups attached to an aromatic ring is 1. The first-order valence-corrected chi connectivity index (χ1v) is 9.00. The van der Waals surface area contributed by atoms with Crippen molar-refractivity contribution in [2.45, 2.75) is 25.8 Å². The van der Waals surface area contributed by atoms with E-state index in [4.69, 9.17) is 17.3 Å². The Hall–Kier alpha value is -1.56. The van der Waals surface area contributed by atoms with Gasteiger partial charge in [-0.1, -0.05) is 11.6 Å². The molecule has 3 N–H and O–H groups in total. The van der Waals surface area contributed by atoms with Crippen LogP contribution >= 0.6 is 22.9 Å². The van der Waals surface area contributed by atoms with Crippen molar-refractivity contribution in [1.29, 1.82) is 0 Å². The van der Waals surface area contributed by atoms with E-state index in [1.165, 1.54) is 10.4 Å². The van der Waals surface area contributed by atoms with Gasteiger partial charge in [0.2, 0.25) is 5.91 Å². The number of nitrogens with zero attached hydrogens (tertiary/aromatic N) is 1. The Balaban J connectivity index is 1.42. The summed E-state index contributed by atoms with van der Waals surface area (Å²) in [5.41, 5.74) is 8.35. The molecule has 1 aromatic carbocycles. The second-order valence-electron chi connectivity index (χ2n) is 5.78. The molecule has 2 heterocycles. The molecule has 0 spiro atoms. The van der Waals surface area contributed by atoms with Crippen LogP contribution in [-0.4, -0.2) is 23.9 Å². The number of halogens is 1. The molecule has 1 aromatic heterocycles.